The molecule has 0 unspecified atom stereocenters. The van der Waals surface area contributed by atoms with Crippen molar-refractivity contribution >= 4 is 11.7 Å². The summed E-state index contributed by atoms with van der Waals surface area (Å²) < 4.78 is 5.74. The fourth-order valence-electron chi connectivity index (χ4n) is 2.77. The van der Waals surface area contributed by atoms with Gasteiger partial charge in [0.05, 0.1) is 5.56 Å². The van der Waals surface area contributed by atoms with Gasteiger partial charge in [-0.2, -0.15) is 0 Å². The molecule has 1 aliphatic carbocycles. The molecule has 3 aromatic rings. The van der Waals surface area contributed by atoms with Crippen LogP contribution in [0.5, 0.6) is 5.75 Å². The first-order valence-corrected chi connectivity index (χ1v) is 9.53. The van der Waals surface area contributed by atoms with Crippen LogP contribution in [-0.4, -0.2) is 16.9 Å². The predicted molar refractivity (Wildman–Crippen MR) is 109 cm³/mol. The van der Waals surface area contributed by atoms with Gasteiger partial charge in [0, 0.05) is 18.8 Å². The van der Waals surface area contributed by atoms with Gasteiger partial charge in [0.1, 0.15) is 18.2 Å². The molecule has 0 bridgehead atoms. The maximum Gasteiger partial charge on any atom is 0.253 e. The van der Waals surface area contributed by atoms with Crippen molar-refractivity contribution in [2.75, 3.05) is 5.32 Å². The van der Waals surface area contributed by atoms with Gasteiger partial charge in [0.25, 0.3) is 5.91 Å². The molecule has 1 heterocycles. The average molecular weight is 373 g/mol. The highest BCUT2D eigenvalue weighted by Gasteiger charge is 2.21. The minimum Gasteiger partial charge on any atom is -0.489 e. The van der Waals surface area contributed by atoms with Crippen molar-refractivity contribution in [1.29, 1.82) is 0 Å². The Morgan fingerprint density at radius 2 is 1.71 bits per heavy atom. The average Bonchev–Trinajstić information content (AvgIpc) is 3.56. The number of para-hydroxylation sites is 1. The molecule has 5 nitrogen and oxygen atoms in total. The van der Waals surface area contributed by atoms with E-state index in [9.17, 15) is 4.79 Å². The van der Waals surface area contributed by atoms with Gasteiger partial charge < -0.3 is 15.4 Å². The summed E-state index contributed by atoms with van der Waals surface area (Å²) in [6, 6.07) is 22.0. The highest BCUT2D eigenvalue weighted by molar-refractivity contribution is 5.94. The van der Waals surface area contributed by atoms with E-state index in [0.717, 1.165) is 22.7 Å². The number of carbonyl (C=O) groups excluding carboxylic acids is 1. The Labute approximate surface area is 164 Å². The predicted octanol–water partition coefficient (Wildman–Crippen LogP) is 4.16. The summed E-state index contributed by atoms with van der Waals surface area (Å²) in [5, 5.41) is 6.25. The Kier molecular flexibility index (Phi) is 5.52. The second kappa shape index (κ2) is 8.57. The molecule has 0 saturated heterocycles. The summed E-state index contributed by atoms with van der Waals surface area (Å²) in [6.07, 6.45) is 4.01. The number of amides is 1. The molecule has 2 aromatic carbocycles. The van der Waals surface area contributed by atoms with E-state index in [4.69, 9.17) is 4.74 Å². The van der Waals surface area contributed by atoms with Crippen LogP contribution in [0.4, 0.5) is 5.82 Å². The Balaban J connectivity index is 1.25. The van der Waals surface area contributed by atoms with Crippen molar-refractivity contribution in [3.05, 3.63) is 89.6 Å². The van der Waals surface area contributed by atoms with E-state index in [1.165, 1.54) is 12.8 Å². The van der Waals surface area contributed by atoms with Crippen LogP contribution in [0.3, 0.4) is 0 Å². The number of carbonyl (C=O) groups is 1. The van der Waals surface area contributed by atoms with Crippen molar-refractivity contribution in [3.8, 4) is 5.75 Å². The van der Waals surface area contributed by atoms with Gasteiger partial charge in [-0.1, -0.05) is 42.5 Å². The minimum atomic E-state index is -0.123. The summed E-state index contributed by atoms with van der Waals surface area (Å²) in [6.45, 7) is 0.990. The Morgan fingerprint density at radius 3 is 2.39 bits per heavy atom. The van der Waals surface area contributed by atoms with Crippen molar-refractivity contribution in [2.45, 2.75) is 32.0 Å². The molecule has 4 rings (SSSR count). The van der Waals surface area contributed by atoms with E-state index in [1.807, 2.05) is 60.7 Å². The topological polar surface area (TPSA) is 63.2 Å². The lowest BCUT2D eigenvalue weighted by Gasteiger charge is -2.09. The van der Waals surface area contributed by atoms with Gasteiger partial charge in [-0.25, -0.2) is 4.98 Å². The number of hydrogen-bond donors (Lipinski definition) is 2. The number of anilines is 1. The zero-order valence-corrected chi connectivity index (χ0v) is 15.6. The number of benzene rings is 2. The van der Waals surface area contributed by atoms with Gasteiger partial charge in [-0.3, -0.25) is 4.79 Å². The number of pyridine rings is 1. The fraction of sp³-hybridized carbons (Fsp3) is 0.217. The first kappa shape index (κ1) is 18.0. The molecule has 1 aromatic heterocycles. The van der Waals surface area contributed by atoms with E-state index >= 15 is 0 Å². The molecule has 0 spiro atoms. The van der Waals surface area contributed by atoms with Crippen LogP contribution >= 0.6 is 0 Å². The molecule has 5 heteroatoms. The molecular formula is C23H23N3O2. The van der Waals surface area contributed by atoms with Gasteiger partial charge in [0.2, 0.25) is 0 Å². The number of nitrogens with one attached hydrogen (secondary N) is 2. The van der Waals surface area contributed by atoms with Gasteiger partial charge >= 0.3 is 0 Å². The lowest BCUT2D eigenvalue weighted by molar-refractivity contribution is 0.0950. The number of hydrogen-bond acceptors (Lipinski definition) is 4. The van der Waals surface area contributed by atoms with Gasteiger partial charge in [-0.15, -0.1) is 0 Å². The van der Waals surface area contributed by atoms with Crippen molar-refractivity contribution in [1.82, 2.24) is 10.3 Å². The summed E-state index contributed by atoms with van der Waals surface area (Å²) in [5.74, 6) is 1.56. The zero-order chi connectivity index (χ0) is 19.2. The summed E-state index contributed by atoms with van der Waals surface area (Å²) in [5.41, 5.74) is 2.69. The third-order valence-electron chi connectivity index (χ3n) is 4.58. The standard InChI is InChI=1S/C23H23N3O2/c27-23(19-10-13-22(24-15-19)26-20-11-12-20)25-14-17-6-8-18(9-7-17)16-28-21-4-2-1-3-5-21/h1-10,13,15,20H,11-12,14,16H2,(H,24,26)(H,25,27). The van der Waals surface area contributed by atoms with Gasteiger partial charge in [-0.05, 0) is 48.2 Å². The third kappa shape index (κ3) is 5.10. The zero-order valence-electron chi connectivity index (χ0n) is 15.6. The molecule has 0 radical (unpaired) electrons. The van der Waals surface area contributed by atoms with Crippen LogP contribution in [0.1, 0.15) is 34.3 Å². The van der Waals surface area contributed by atoms with E-state index in [-0.39, 0.29) is 5.91 Å². The highest BCUT2D eigenvalue weighted by atomic mass is 16.5. The molecule has 1 fully saturated rings. The van der Waals surface area contributed by atoms with E-state index in [2.05, 4.69) is 15.6 Å². The van der Waals surface area contributed by atoms with Crippen molar-refractivity contribution in [3.63, 3.8) is 0 Å². The molecule has 142 valence electrons. The van der Waals surface area contributed by atoms with Crippen LogP contribution in [0.15, 0.2) is 72.9 Å². The van der Waals surface area contributed by atoms with E-state index in [1.54, 1.807) is 12.3 Å². The van der Waals surface area contributed by atoms with Crippen molar-refractivity contribution < 1.29 is 9.53 Å². The molecule has 1 aliphatic rings. The third-order valence-corrected chi connectivity index (χ3v) is 4.58. The monoisotopic (exact) mass is 373 g/mol. The van der Waals surface area contributed by atoms with Crippen LogP contribution in [0.2, 0.25) is 0 Å². The number of rotatable bonds is 8. The number of aromatic nitrogens is 1. The SMILES string of the molecule is O=C(NCc1ccc(COc2ccccc2)cc1)c1ccc(NC2CC2)nc1. The molecule has 1 saturated carbocycles. The summed E-state index contributed by atoms with van der Waals surface area (Å²) >= 11 is 0. The molecular weight excluding hydrogens is 350 g/mol. The van der Waals surface area contributed by atoms with Gasteiger partial charge in [0.15, 0.2) is 0 Å². The largest absolute Gasteiger partial charge is 0.489 e. The summed E-state index contributed by atoms with van der Waals surface area (Å²) in [7, 11) is 0. The number of nitrogens with zero attached hydrogens (tertiary/aromatic N) is 1. The molecule has 1 amide bonds. The van der Waals surface area contributed by atoms with Crippen LogP contribution in [-0.2, 0) is 13.2 Å². The second-order valence-electron chi connectivity index (χ2n) is 6.95. The Hall–Kier alpha value is -3.34. The highest BCUT2D eigenvalue weighted by Crippen LogP contribution is 2.23. The first-order valence-electron chi connectivity index (χ1n) is 9.53. The number of ether oxygens (including phenoxy) is 1. The van der Waals surface area contributed by atoms with Crippen molar-refractivity contribution in [2.24, 2.45) is 0 Å². The lowest BCUT2D eigenvalue weighted by atomic mass is 10.1. The Bertz CT molecular complexity index is 905. The maximum absolute atomic E-state index is 12.3. The van der Waals surface area contributed by atoms with Crippen LogP contribution < -0.4 is 15.4 Å². The van der Waals surface area contributed by atoms with E-state index < -0.39 is 0 Å². The van der Waals surface area contributed by atoms with Crippen LogP contribution in [0, 0.1) is 0 Å². The molecule has 0 atom stereocenters. The second-order valence-corrected chi connectivity index (χ2v) is 6.95. The first-order chi connectivity index (χ1) is 13.8. The molecule has 2 N–H and O–H groups in total. The van der Waals surface area contributed by atoms with E-state index in [0.29, 0.717) is 24.8 Å². The van der Waals surface area contributed by atoms with Crippen LogP contribution in [0.25, 0.3) is 0 Å². The maximum atomic E-state index is 12.3. The molecule has 28 heavy (non-hydrogen) atoms. The molecule has 0 aliphatic heterocycles. The lowest BCUT2D eigenvalue weighted by Crippen LogP contribution is -2.23. The smallest absolute Gasteiger partial charge is 0.253 e. The minimum absolute atomic E-state index is 0.123. The summed E-state index contributed by atoms with van der Waals surface area (Å²) in [4.78, 5) is 16.6. The quantitative estimate of drug-likeness (QED) is 0.622. The normalized spacial score (nSPS) is 13.0. The fourth-order valence-corrected chi connectivity index (χ4v) is 2.77. The Morgan fingerprint density at radius 1 is 0.964 bits per heavy atom.